The zero-order valence-corrected chi connectivity index (χ0v) is 12.3. The molecule has 116 valence electrons. The van der Waals surface area contributed by atoms with Gasteiger partial charge in [0.05, 0.1) is 12.0 Å². The van der Waals surface area contributed by atoms with Gasteiger partial charge in [-0.3, -0.25) is 4.79 Å². The van der Waals surface area contributed by atoms with Crippen LogP contribution in [0.15, 0.2) is 0 Å². The summed E-state index contributed by atoms with van der Waals surface area (Å²) in [6.07, 6.45) is 1.16. The fraction of sp³-hybridized carbons (Fsp3) is 0.818. The normalized spacial score (nSPS) is 26.8. The van der Waals surface area contributed by atoms with Crippen LogP contribution < -0.4 is 9.44 Å². The highest BCUT2D eigenvalue weighted by Gasteiger charge is 2.45. The van der Waals surface area contributed by atoms with E-state index in [0.717, 1.165) is 12.8 Å². The molecule has 1 aliphatic carbocycles. The van der Waals surface area contributed by atoms with Gasteiger partial charge in [0, 0.05) is 6.04 Å². The van der Waals surface area contributed by atoms with Crippen LogP contribution in [0.2, 0.25) is 0 Å². The third-order valence-electron chi connectivity index (χ3n) is 3.49. The van der Waals surface area contributed by atoms with Crippen molar-refractivity contribution < 1.29 is 27.9 Å². The Morgan fingerprint density at radius 3 is 2.60 bits per heavy atom. The predicted molar refractivity (Wildman–Crippen MR) is 70.2 cm³/mol. The average Bonchev–Trinajstić information content (AvgIpc) is 2.31. The maximum Gasteiger partial charge on any atom is 0.421 e. The smallest absolute Gasteiger partial charge is 0.421 e. The quantitative estimate of drug-likeness (QED) is 0.683. The van der Waals surface area contributed by atoms with Crippen molar-refractivity contribution in [3.05, 3.63) is 0 Å². The van der Waals surface area contributed by atoms with E-state index in [-0.39, 0.29) is 6.61 Å². The van der Waals surface area contributed by atoms with E-state index in [0.29, 0.717) is 12.8 Å². The van der Waals surface area contributed by atoms with Gasteiger partial charge in [-0.1, -0.05) is 12.8 Å². The third kappa shape index (κ3) is 4.07. The molecule has 0 aliphatic heterocycles. The summed E-state index contributed by atoms with van der Waals surface area (Å²) >= 11 is 0. The van der Waals surface area contributed by atoms with E-state index in [1.165, 1.54) is 6.92 Å². The summed E-state index contributed by atoms with van der Waals surface area (Å²) in [7, 11) is -4.15. The van der Waals surface area contributed by atoms with Gasteiger partial charge in [-0.2, -0.15) is 13.1 Å². The molecule has 0 spiro atoms. The summed E-state index contributed by atoms with van der Waals surface area (Å²) in [6, 6.07) is -0.763. The second-order valence-corrected chi connectivity index (χ2v) is 6.41. The van der Waals surface area contributed by atoms with Gasteiger partial charge >= 0.3 is 22.3 Å². The molecular weight excluding hydrogens is 288 g/mol. The second-order valence-electron chi connectivity index (χ2n) is 4.96. The van der Waals surface area contributed by atoms with Gasteiger partial charge in [-0.05, 0) is 26.7 Å². The number of carbonyl (C=O) groups is 2. The number of carboxylic acids is 1. The number of rotatable bonds is 5. The van der Waals surface area contributed by atoms with Gasteiger partial charge in [0.2, 0.25) is 0 Å². The molecule has 20 heavy (non-hydrogen) atoms. The summed E-state index contributed by atoms with van der Waals surface area (Å²) < 4.78 is 32.0. The first-order valence-corrected chi connectivity index (χ1v) is 7.90. The zero-order valence-electron chi connectivity index (χ0n) is 11.5. The summed E-state index contributed by atoms with van der Waals surface area (Å²) in [5, 5.41) is 9.28. The number of hydrogen-bond donors (Lipinski definition) is 3. The van der Waals surface area contributed by atoms with Crippen molar-refractivity contribution >= 4 is 22.3 Å². The van der Waals surface area contributed by atoms with Crippen molar-refractivity contribution in [1.82, 2.24) is 9.44 Å². The molecule has 1 fully saturated rings. The molecule has 8 nitrogen and oxygen atoms in total. The van der Waals surface area contributed by atoms with Crippen LogP contribution in [0.1, 0.15) is 39.5 Å². The molecular formula is C11H20N2O6S. The Morgan fingerprint density at radius 2 is 2.05 bits per heavy atom. The molecule has 0 bridgehead atoms. The van der Waals surface area contributed by atoms with Gasteiger partial charge in [-0.15, -0.1) is 0 Å². The van der Waals surface area contributed by atoms with Crippen LogP contribution in [0.3, 0.4) is 0 Å². The molecule has 0 heterocycles. The Balaban J connectivity index is 2.78. The van der Waals surface area contributed by atoms with E-state index in [1.54, 1.807) is 11.6 Å². The van der Waals surface area contributed by atoms with Crippen LogP contribution in [-0.4, -0.2) is 38.2 Å². The average molecular weight is 308 g/mol. The van der Waals surface area contributed by atoms with Gasteiger partial charge in [0.15, 0.2) is 0 Å². The second kappa shape index (κ2) is 6.40. The number of amides is 1. The first-order valence-electron chi connectivity index (χ1n) is 6.41. The van der Waals surface area contributed by atoms with Crippen LogP contribution in [0.25, 0.3) is 0 Å². The van der Waals surface area contributed by atoms with Crippen molar-refractivity contribution in [3.63, 3.8) is 0 Å². The number of ether oxygens (including phenoxy) is 1. The SMILES string of the molecule is CCOC(=O)NS(=O)(=O)NC1CCCCC1(C)C(=O)O. The van der Waals surface area contributed by atoms with Crippen LogP contribution in [0.5, 0.6) is 0 Å². The fourth-order valence-corrected chi connectivity index (χ4v) is 3.36. The zero-order chi connectivity index (χ0) is 15.4. The lowest BCUT2D eigenvalue weighted by atomic mass is 9.72. The highest BCUT2D eigenvalue weighted by atomic mass is 32.2. The van der Waals surface area contributed by atoms with E-state index >= 15 is 0 Å². The predicted octanol–water partition coefficient (Wildman–Crippen LogP) is 0.600. The van der Waals surface area contributed by atoms with Crippen LogP contribution in [-0.2, 0) is 19.7 Å². The Bertz CT molecular complexity index is 477. The molecule has 0 aromatic rings. The molecule has 0 aromatic heterocycles. The first kappa shape index (κ1) is 16.7. The topological polar surface area (TPSA) is 122 Å². The number of nitrogens with one attached hydrogen (secondary N) is 2. The number of carbonyl (C=O) groups excluding carboxylic acids is 1. The molecule has 0 radical (unpaired) electrons. The highest BCUT2D eigenvalue weighted by molar-refractivity contribution is 7.88. The van der Waals surface area contributed by atoms with Gasteiger partial charge in [0.1, 0.15) is 0 Å². The Hall–Kier alpha value is -1.35. The monoisotopic (exact) mass is 308 g/mol. The maximum absolute atomic E-state index is 11.8. The molecule has 0 aromatic carbocycles. The number of hydrogen-bond acceptors (Lipinski definition) is 5. The van der Waals surface area contributed by atoms with E-state index in [9.17, 15) is 23.1 Å². The largest absolute Gasteiger partial charge is 0.481 e. The Labute approximate surface area is 118 Å². The minimum absolute atomic E-state index is 0.0393. The van der Waals surface area contributed by atoms with Crippen molar-refractivity contribution in [2.45, 2.75) is 45.6 Å². The number of aliphatic carboxylic acids is 1. The number of carboxylic acid groups (broad SMARTS) is 1. The van der Waals surface area contributed by atoms with Crippen LogP contribution >= 0.6 is 0 Å². The molecule has 1 aliphatic rings. The van der Waals surface area contributed by atoms with Crippen molar-refractivity contribution in [1.29, 1.82) is 0 Å². The Kier molecular flexibility index (Phi) is 5.35. The lowest BCUT2D eigenvalue weighted by molar-refractivity contribution is -0.151. The van der Waals surface area contributed by atoms with Gasteiger partial charge < -0.3 is 9.84 Å². The van der Waals surface area contributed by atoms with E-state index < -0.39 is 33.7 Å². The molecule has 0 saturated heterocycles. The first-order chi connectivity index (χ1) is 9.21. The third-order valence-corrected chi connectivity index (χ3v) is 4.52. The maximum atomic E-state index is 11.8. The molecule has 2 unspecified atom stereocenters. The fourth-order valence-electron chi connectivity index (χ4n) is 2.27. The van der Waals surface area contributed by atoms with Gasteiger partial charge in [0.25, 0.3) is 0 Å². The summed E-state index contributed by atoms with van der Waals surface area (Å²) in [5.41, 5.74) is -1.18. The highest BCUT2D eigenvalue weighted by Crippen LogP contribution is 2.36. The molecule has 1 rings (SSSR count). The van der Waals surface area contributed by atoms with Crippen molar-refractivity contribution in [2.75, 3.05) is 6.61 Å². The van der Waals surface area contributed by atoms with E-state index in [1.807, 2.05) is 0 Å². The van der Waals surface area contributed by atoms with Crippen molar-refractivity contribution in [2.24, 2.45) is 5.41 Å². The van der Waals surface area contributed by atoms with E-state index in [4.69, 9.17) is 0 Å². The molecule has 1 saturated carbocycles. The minimum atomic E-state index is -4.15. The molecule has 2 atom stereocenters. The summed E-state index contributed by atoms with van der Waals surface area (Å²) in [4.78, 5) is 22.5. The molecule has 9 heteroatoms. The molecule has 1 amide bonds. The minimum Gasteiger partial charge on any atom is -0.481 e. The lowest BCUT2D eigenvalue weighted by Crippen LogP contribution is -2.55. The van der Waals surface area contributed by atoms with Crippen LogP contribution in [0.4, 0.5) is 4.79 Å². The van der Waals surface area contributed by atoms with Crippen LogP contribution in [0, 0.1) is 5.41 Å². The standard InChI is InChI=1S/C11H20N2O6S/c1-3-19-10(16)13-20(17,18)12-8-6-4-5-7-11(8,2)9(14)15/h8,12H,3-7H2,1-2H3,(H,13,16)(H,14,15). The summed E-state index contributed by atoms with van der Waals surface area (Å²) in [6.45, 7) is 3.09. The Morgan fingerprint density at radius 1 is 1.40 bits per heavy atom. The lowest BCUT2D eigenvalue weighted by Gasteiger charge is -2.37. The summed E-state index contributed by atoms with van der Waals surface area (Å²) in [5.74, 6) is -1.05. The van der Waals surface area contributed by atoms with Gasteiger partial charge in [-0.25, -0.2) is 9.52 Å². The molecule has 3 N–H and O–H groups in total. The van der Waals surface area contributed by atoms with Crippen molar-refractivity contribution in [3.8, 4) is 0 Å². The van der Waals surface area contributed by atoms with E-state index in [2.05, 4.69) is 9.46 Å².